The molecular weight excluding hydrogens is 380 g/mol. The second kappa shape index (κ2) is 7.44. The first kappa shape index (κ1) is 18.6. The highest BCUT2D eigenvalue weighted by Crippen LogP contribution is 2.50. The molecule has 0 fully saturated rings. The van der Waals surface area contributed by atoms with E-state index in [1.807, 2.05) is 67.4 Å². The summed E-state index contributed by atoms with van der Waals surface area (Å²) in [6.45, 7) is 4.50. The maximum absolute atomic E-state index is 6.50. The van der Waals surface area contributed by atoms with Crippen LogP contribution in [0, 0.1) is 6.92 Å². The molecule has 2 aromatic carbocycles. The van der Waals surface area contributed by atoms with Crippen molar-refractivity contribution in [1.29, 1.82) is 0 Å². The van der Waals surface area contributed by atoms with Gasteiger partial charge in [-0.2, -0.15) is 5.10 Å². The van der Waals surface area contributed by atoms with Crippen molar-refractivity contribution in [2.45, 2.75) is 32.5 Å². The lowest BCUT2D eigenvalue weighted by Crippen LogP contribution is -2.33. The van der Waals surface area contributed by atoms with Gasteiger partial charge in [-0.3, -0.25) is 0 Å². The Bertz CT molecular complexity index is 1090. The molecule has 0 amide bonds. The number of nitrogens with zero attached hydrogens (tertiary/aromatic N) is 2. The molecule has 6 nitrogen and oxygen atoms in total. The van der Waals surface area contributed by atoms with Crippen LogP contribution in [0.25, 0.3) is 0 Å². The maximum atomic E-state index is 6.50. The molecule has 6 heteroatoms. The first-order valence-corrected chi connectivity index (χ1v) is 10.2. The summed E-state index contributed by atoms with van der Waals surface area (Å²) in [5.41, 5.74) is 3.00. The first-order chi connectivity index (χ1) is 14.7. The summed E-state index contributed by atoms with van der Waals surface area (Å²) in [6, 6.07) is 17.9. The van der Waals surface area contributed by atoms with Crippen molar-refractivity contribution in [1.82, 2.24) is 5.01 Å². The van der Waals surface area contributed by atoms with E-state index in [9.17, 15) is 0 Å². The molecule has 0 N–H and O–H groups in total. The Labute approximate surface area is 175 Å². The lowest BCUT2D eigenvalue weighted by molar-refractivity contribution is -0.0212. The van der Waals surface area contributed by atoms with Gasteiger partial charge in [0, 0.05) is 17.5 Å². The monoisotopic (exact) mass is 404 g/mol. The van der Waals surface area contributed by atoms with Crippen LogP contribution in [0.1, 0.15) is 48.3 Å². The van der Waals surface area contributed by atoms with Crippen LogP contribution in [-0.2, 0) is 0 Å². The molecule has 2 aliphatic rings. The van der Waals surface area contributed by atoms with Crippen molar-refractivity contribution in [3.63, 3.8) is 0 Å². The predicted octanol–water partition coefficient (Wildman–Crippen LogP) is 5.24. The normalized spacial score (nSPS) is 19.6. The van der Waals surface area contributed by atoms with Gasteiger partial charge in [-0.15, -0.1) is 0 Å². The van der Waals surface area contributed by atoms with Gasteiger partial charge < -0.3 is 18.6 Å². The summed E-state index contributed by atoms with van der Waals surface area (Å²) in [5, 5.41) is 6.96. The topological polar surface area (TPSA) is 56.4 Å². The SMILES string of the molecule is CCOc1cccc2c1O[C@H](c1ccc(OC)cc1)N1N=C(c3ccc(C)o3)C[C@H]21. The number of fused-ring (bicyclic) bond motifs is 3. The number of furan rings is 1. The van der Waals surface area contributed by atoms with Crippen LogP contribution < -0.4 is 14.2 Å². The highest BCUT2D eigenvalue weighted by molar-refractivity contribution is 5.99. The highest BCUT2D eigenvalue weighted by Gasteiger charge is 2.42. The predicted molar refractivity (Wildman–Crippen MR) is 113 cm³/mol. The van der Waals surface area contributed by atoms with Gasteiger partial charge in [0.1, 0.15) is 23.0 Å². The Hall–Kier alpha value is -3.41. The molecule has 0 unspecified atom stereocenters. The van der Waals surface area contributed by atoms with Gasteiger partial charge in [-0.1, -0.05) is 12.1 Å². The van der Waals surface area contributed by atoms with Crippen molar-refractivity contribution in [2.24, 2.45) is 5.10 Å². The van der Waals surface area contributed by atoms with Crippen LogP contribution in [0.2, 0.25) is 0 Å². The largest absolute Gasteiger partial charge is 0.497 e. The van der Waals surface area contributed by atoms with Gasteiger partial charge in [0.25, 0.3) is 0 Å². The van der Waals surface area contributed by atoms with Crippen molar-refractivity contribution >= 4 is 5.71 Å². The Morgan fingerprint density at radius 3 is 2.63 bits per heavy atom. The molecule has 3 aromatic rings. The summed E-state index contributed by atoms with van der Waals surface area (Å²) in [6.07, 6.45) is 0.370. The fraction of sp³-hybridized carbons (Fsp3) is 0.292. The smallest absolute Gasteiger partial charge is 0.214 e. The third kappa shape index (κ3) is 3.09. The van der Waals surface area contributed by atoms with E-state index < -0.39 is 0 Å². The lowest BCUT2D eigenvalue weighted by atomic mass is 9.97. The van der Waals surface area contributed by atoms with Gasteiger partial charge in [-0.05, 0) is 56.3 Å². The number of para-hydroxylation sites is 1. The zero-order valence-electron chi connectivity index (χ0n) is 17.3. The van der Waals surface area contributed by atoms with Crippen LogP contribution in [0.4, 0.5) is 0 Å². The van der Waals surface area contributed by atoms with Crippen LogP contribution >= 0.6 is 0 Å². The quantitative estimate of drug-likeness (QED) is 0.582. The number of ether oxygens (including phenoxy) is 3. The number of hydrogen-bond donors (Lipinski definition) is 0. The fourth-order valence-electron chi connectivity index (χ4n) is 4.08. The van der Waals surface area contributed by atoms with E-state index in [0.717, 1.165) is 52.0 Å². The average Bonchev–Trinajstić information content (AvgIpc) is 3.40. The van der Waals surface area contributed by atoms with Gasteiger partial charge in [-0.25, -0.2) is 5.01 Å². The maximum Gasteiger partial charge on any atom is 0.214 e. The molecule has 2 atom stereocenters. The molecule has 30 heavy (non-hydrogen) atoms. The summed E-state index contributed by atoms with van der Waals surface area (Å²) >= 11 is 0. The Kier molecular flexibility index (Phi) is 4.62. The zero-order valence-corrected chi connectivity index (χ0v) is 17.3. The Morgan fingerprint density at radius 2 is 1.93 bits per heavy atom. The Balaban J connectivity index is 1.59. The van der Waals surface area contributed by atoms with E-state index >= 15 is 0 Å². The van der Waals surface area contributed by atoms with Crippen molar-refractivity contribution in [2.75, 3.05) is 13.7 Å². The second-order valence-electron chi connectivity index (χ2n) is 7.41. The molecule has 3 heterocycles. The minimum absolute atomic E-state index is 0.0432. The number of rotatable bonds is 5. The summed E-state index contributed by atoms with van der Waals surface area (Å²) in [4.78, 5) is 0. The highest BCUT2D eigenvalue weighted by atomic mass is 16.5. The molecule has 0 bridgehead atoms. The summed E-state index contributed by atoms with van der Waals surface area (Å²) < 4.78 is 23.5. The molecule has 1 aromatic heterocycles. The summed E-state index contributed by atoms with van der Waals surface area (Å²) in [5.74, 6) is 4.03. The van der Waals surface area contributed by atoms with Crippen LogP contribution in [0.15, 0.2) is 64.1 Å². The van der Waals surface area contributed by atoms with E-state index in [1.165, 1.54) is 0 Å². The number of hydrogen-bond acceptors (Lipinski definition) is 6. The van der Waals surface area contributed by atoms with E-state index in [1.54, 1.807) is 7.11 Å². The average molecular weight is 404 g/mol. The van der Waals surface area contributed by atoms with Crippen LogP contribution in [-0.4, -0.2) is 24.4 Å². The summed E-state index contributed by atoms with van der Waals surface area (Å²) in [7, 11) is 1.66. The zero-order chi connectivity index (χ0) is 20.7. The number of hydrazone groups is 1. The minimum Gasteiger partial charge on any atom is -0.497 e. The van der Waals surface area contributed by atoms with Gasteiger partial charge >= 0.3 is 0 Å². The third-order valence-corrected chi connectivity index (χ3v) is 5.51. The Morgan fingerprint density at radius 1 is 1.10 bits per heavy atom. The van der Waals surface area contributed by atoms with Crippen LogP contribution in [0.5, 0.6) is 17.2 Å². The minimum atomic E-state index is -0.372. The lowest BCUT2D eigenvalue weighted by Gasteiger charge is -2.38. The van der Waals surface area contributed by atoms with E-state index in [0.29, 0.717) is 6.61 Å². The van der Waals surface area contributed by atoms with E-state index in [4.69, 9.17) is 23.7 Å². The number of aryl methyl sites for hydroxylation is 1. The molecule has 0 saturated carbocycles. The second-order valence-corrected chi connectivity index (χ2v) is 7.41. The van der Waals surface area contributed by atoms with E-state index in [2.05, 4.69) is 6.07 Å². The molecule has 154 valence electrons. The third-order valence-electron chi connectivity index (χ3n) is 5.51. The van der Waals surface area contributed by atoms with Gasteiger partial charge in [0.15, 0.2) is 11.5 Å². The van der Waals surface area contributed by atoms with Gasteiger partial charge in [0.2, 0.25) is 6.23 Å². The van der Waals surface area contributed by atoms with E-state index in [-0.39, 0.29) is 12.3 Å². The molecule has 0 radical (unpaired) electrons. The molecule has 0 aliphatic carbocycles. The van der Waals surface area contributed by atoms with Crippen LogP contribution in [0.3, 0.4) is 0 Å². The van der Waals surface area contributed by atoms with Crippen molar-refractivity contribution in [3.05, 3.63) is 77.2 Å². The molecule has 0 saturated heterocycles. The number of benzene rings is 2. The molecular formula is C24H24N2O4. The van der Waals surface area contributed by atoms with Crippen molar-refractivity contribution in [3.8, 4) is 17.2 Å². The van der Waals surface area contributed by atoms with Crippen molar-refractivity contribution < 1.29 is 18.6 Å². The molecule has 2 aliphatic heterocycles. The molecule has 0 spiro atoms. The standard InChI is InChI=1S/C24H24N2O4/c1-4-28-22-7-5-6-18-20-14-19(21-13-8-15(2)29-21)25-26(20)24(30-23(18)22)16-9-11-17(27-3)12-10-16/h5-13,20,24H,4,14H2,1-3H3/t20-,24-/m1/s1. The molecule has 5 rings (SSSR count). The first-order valence-electron chi connectivity index (χ1n) is 10.2. The number of methoxy groups -OCH3 is 1. The van der Waals surface area contributed by atoms with Gasteiger partial charge in [0.05, 0.1) is 19.8 Å². The fourth-order valence-corrected chi connectivity index (χ4v) is 4.08.